The van der Waals surface area contributed by atoms with Crippen LogP contribution in [0, 0.1) is 0 Å². The van der Waals surface area contributed by atoms with E-state index in [0.29, 0.717) is 23.0 Å². The molecule has 1 aliphatic rings. The molecule has 6 heteroatoms. The van der Waals surface area contributed by atoms with E-state index in [0.717, 1.165) is 11.3 Å². The van der Waals surface area contributed by atoms with Crippen LogP contribution >= 0.6 is 11.6 Å². The molecule has 0 amide bonds. The summed E-state index contributed by atoms with van der Waals surface area (Å²) in [6.45, 7) is 6.41. The predicted molar refractivity (Wildman–Crippen MR) is 87.1 cm³/mol. The lowest BCUT2D eigenvalue weighted by Crippen LogP contribution is -2.38. The second kappa shape index (κ2) is 5.41. The molecule has 1 aromatic heterocycles. The largest absolute Gasteiger partial charge is 0.377 e. The smallest absolute Gasteiger partial charge is 0.274 e. The van der Waals surface area contributed by atoms with Crippen molar-refractivity contribution in [1.82, 2.24) is 9.97 Å². The summed E-state index contributed by atoms with van der Waals surface area (Å²) in [7, 11) is 0. The molecule has 0 spiro atoms. The van der Waals surface area contributed by atoms with Crippen molar-refractivity contribution in [3.63, 3.8) is 0 Å². The third kappa shape index (κ3) is 2.40. The van der Waals surface area contributed by atoms with E-state index in [9.17, 15) is 4.79 Å². The normalized spacial score (nSPS) is 19.5. The number of aromatic nitrogens is 2. The number of nitrogens with one attached hydrogen (secondary N) is 2. The van der Waals surface area contributed by atoms with Crippen LogP contribution in [0.4, 0.5) is 11.4 Å². The summed E-state index contributed by atoms with van der Waals surface area (Å²) in [5.41, 5.74) is 2.23. The highest BCUT2D eigenvalue weighted by Crippen LogP contribution is 2.44. The summed E-state index contributed by atoms with van der Waals surface area (Å²) in [5.74, 6) is 0. The van der Waals surface area contributed by atoms with E-state index < -0.39 is 5.41 Å². The molecule has 22 heavy (non-hydrogen) atoms. The van der Waals surface area contributed by atoms with Crippen molar-refractivity contribution in [3.8, 4) is 0 Å². The topological polar surface area (TPSA) is 67.0 Å². The molecule has 2 heterocycles. The minimum atomic E-state index is -0.542. The zero-order valence-electron chi connectivity index (χ0n) is 12.7. The highest BCUT2D eigenvalue weighted by molar-refractivity contribution is 6.30. The van der Waals surface area contributed by atoms with Crippen LogP contribution in [0.3, 0.4) is 0 Å². The molecule has 1 unspecified atom stereocenters. The maximum absolute atomic E-state index is 12.1. The third-order valence-electron chi connectivity index (χ3n) is 3.92. The molecule has 0 saturated heterocycles. The number of benzene rings is 1. The van der Waals surface area contributed by atoms with Crippen LogP contribution in [0.1, 0.15) is 32.0 Å². The van der Waals surface area contributed by atoms with Crippen LogP contribution in [0.25, 0.3) is 0 Å². The molecule has 116 valence electrons. The Kier molecular flexibility index (Phi) is 3.70. The van der Waals surface area contributed by atoms with E-state index in [1.54, 1.807) is 6.07 Å². The lowest BCUT2D eigenvalue weighted by Gasteiger charge is -2.37. The monoisotopic (exact) mass is 319 g/mol. The van der Waals surface area contributed by atoms with Crippen LogP contribution in [0.2, 0.25) is 5.02 Å². The lowest BCUT2D eigenvalue weighted by molar-refractivity contribution is 0.0516. The number of nitrogens with zero attached hydrogens (tertiary/aromatic N) is 1. The number of hydrogen-bond acceptors (Lipinski definition) is 4. The Balaban J connectivity index is 2.21. The summed E-state index contributed by atoms with van der Waals surface area (Å²) in [6, 6.07) is 5.58. The quantitative estimate of drug-likeness (QED) is 0.911. The van der Waals surface area contributed by atoms with Crippen LogP contribution < -0.4 is 10.9 Å². The maximum atomic E-state index is 12.1. The Labute approximate surface area is 133 Å². The number of ether oxygens (including phenoxy) is 1. The molecule has 0 fully saturated rings. The zero-order chi connectivity index (χ0) is 15.9. The van der Waals surface area contributed by atoms with Gasteiger partial charge in [0.2, 0.25) is 0 Å². The van der Waals surface area contributed by atoms with Crippen LogP contribution in [-0.2, 0) is 10.2 Å². The van der Waals surface area contributed by atoms with Crippen molar-refractivity contribution in [2.45, 2.75) is 32.3 Å². The van der Waals surface area contributed by atoms with Crippen molar-refractivity contribution < 1.29 is 4.74 Å². The predicted octanol–water partition coefficient (Wildman–Crippen LogP) is 3.21. The van der Waals surface area contributed by atoms with Gasteiger partial charge in [-0.15, -0.1) is 0 Å². The summed E-state index contributed by atoms with van der Waals surface area (Å²) in [4.78, 5) is 19.1. The van der Waals surface area contributed by atoms with E-state index in [4.69, 9.17) is 16.3 Å². The average molecular weight is 320 g/mol. The number of anilines is 2. The average Bonchev–Trinajstić information content (AvgIpc) is 2.48. The first kappa shape index (κ1) is 15.1. The van der Waals surface area contributed by atoms with Crippen molar-refractivity contribution in [3.05, 3.63) is 51.2 Å². The Hall–Kier alpha value is -1.85. The van der Waals surface area contributed by atoms with Gasteiger partial charge in [-0.05, 0) is 44.5 Å². The highest BCUT2D eigenvalue weighted by Gasteiger charge is 2.40. The molecule has 1 aliphatic heterocycles. The third-order valence-corrected chi connectivity index (χ3v) is 4.15. The molecule has 1 atom stereocenters. The van der Waals surface area contributed by atoms with Gasteiger partial charge in [0.15, 0.2) is 0 Å². The molecule has 3 rings (SSSR count). The molecular formula is C16H18ClN3O2. The number of hydrogen-bond donors (Lipinski definition) is 2. The van der Waals surface area contributed by atoms with Gasteiger partial charge in [0.1, 0.15) is 5.69 Å². The van der Waals surface area contributed by atoms with Gasteiger partial charge in [0.25, 0.3) is 5.56 Å². The van der Waals surface area contributed by atoms with Crippen LogP contribution in [0.15, 0.2) is 29.3 Å². The van der Waals surface area contributed by atoms with Crippen molar-refractivity contribution in [2.75, 3.05) is 11.9 Å². The van der Waals surface area contributed by atoms with Gasteiger partial charge < -0.3 is 15.0 Å². The fraction of sp³-hybridized carbons (Fsp3) is 0.375. The van der Waals surface area contributed by atoms with Crippen LogP contribution in [0.5, 0.6) is 0 Å². The Morgan fingerprint density at radius 1 is 1.41 bits per heavy atom. The molecule has 5 nitrogen and oxygen atoms in total. The van der Waals surface area contributed by atoms with Gasteiger partial charge in [0, 0.05) is 10.7 Å². The minimum Gasteiger partial charge on any atom is -0.377 e. The maximum Gasteiger partial charge on any atom is 0.274 e. The van der Waals surface area contributed by atoms with Gasteiger partial charge in [-0.3, -0.25) is 4.79 Å². The first-order valence-corrected chi connectivity index (χ1v) is 7.56. The number of rotatable bonds is 3. The minimum absolute atomic E-state index is 0.0831. The van der Waals surface area contributed by atoms with E-state index in [1.807, 2.05) is 32.9 Å². The molecule has 2 aromatic rings. The van der Waals surface area contributed by atoms with E-state index >= 15 is 0 Å². The van der Waals surface area contributed by atoms with E-state index in [-0.39, 0.29) is 11.7 Å². The molecule has 0 aliphatic carbocycles. The molecule has 1 aromatic carbocycles. The summed E-state index contributed by atoms with van der Waals surface area (Å²) >= 11 is 6.17. The second-order valence-corrected chi connectivity index (χ2v) is 6.40. The highest BCUT2D eigenvalue weighted by atomic mass is 35.5. The first-order valence-electron chi connectivity index (χ1n) is 7.18. The number of aromatic amines is 1. The Morgan fingerprint density at radius 2 is 2.18 bits per heavy atom. The summed E-state index contributed by atoms with van der Waals surface area (Å²) < 4.78 is 5.85. The molecule has 2 N–H and O–H groups in total. The fourth-order valence-corrected chi connectivity index (χ4v) is 2.93. The Morgan fingerprint density at radius 3 is 2.91 bits per heavy atom. The van der Waals surface area contributed by atoms with Crippen molar-refractivity contribution >= 4 is 23.0 Å². The van der Waals surface area contributed by atoms with Gasteiger partial charge in [-0.1, -0.05) is 11.6 Å². The lowest BCUT2D eigenvalue weighted by atomic mass is 9.76. The summed E-state index contributed by atoms with van der Waals surface area (Å²) in [6.07, 6.45) is 1.51. The van der Waals surface area contributed by atoms with Gasteiger partial charge in [-0.2, -0.15) is 0 Å². The molecule has 0 radical (unpaired) electrons. The fourth-order valence-electron chi connectivity index (χ4n) is 2.76. The molecule has 0 saturated carbocycles. The van der Waals surface area contributed by atoms with Gasteiger partial charge >= 0.3 is 0 Å². The van der Waals surface area contributed by atoms with E-state index in [2.05, 4.69) is 15.3 Å². The van der Waals surface area contributed by atoms with E-state index in [1.165, 1.54) is 6.33 Å². The number of halogens is 1. The van der Waals surface area contributed by atoms with Crippen LogP contribution in [-0.4, -0.2) is 22.7 Å². The summed E-state index contributed by atoms with van der Waals surface area (Å²) in [5, 5.41) is 3.80. The second-order valence-electron chi connectivity index (χ2n) is 5.96. The van der Waals surface area contributed by atoms with Gasteiger partial charge in [0.05, 0.1) is 30.1 Å². The number of H-pyrrole nitrogens is 1. The SMILES string of the molecule is CC(C)OCC1(C)c2cc(Cl)ccc2Nc2c1nc[nH]c2=O. The molecule has 0 bridgehead atoms. The standard InChI is InChI=1S/C16H18ClN3O2/c1-9(2)22-7-16(3)11-6-10(17)4-5-12(11)20-13-14(16)18-8-19-15(13)21/h4-6,8-9,20H,7H2,1-3H3,(H,18,19,21). The zero-order valence-corrected chi connectivity index (χ0v) is 13.5. The van der Waals surface area contributed by atoms with Crippen molar-refractivity contribution in [1.29, 1.82) is 0 Å². The molecular weight excluding hydrogens is 302 g/mol. The Bertz CT molecular complexity index is 772. The first-order chi connectivity index (χ1) is 10.4. The van der Waals surface area contributed by atoms with Crippen molar-refractivity contribution in [2.24, 2.45) is 0 Å². The van der Waals surface area contributed by atoms with Gasteiger partial charge in [-0.25, -0.2) is 4.98 Å². The number of fused-ring (bicyclic) bond motifs is 2.